The van der Waals surface area contributed by atoms with Crippen LogP contribution in [0.5, 0.6) is 23.5 Å². The Balaban J connectivity index is 1.17. The van der Waals surface area contributed by atoms with E-state index in [1.807, 2.05) is 0 Å². The van der Waals surface area contributed by atoms with E-state index in [0.29, 0.717) is 72.9 Å². The molecule has 2 heterocycles. The van der Waals surface area contributed by atoms with E-state index in [-0.39, 0.29) is 23.6 Å². The number of hydrogen-bond acceptors (Lipinski definition) is 10. The fourth-order valence-corrected chi connectivity index (χ4v) is 3.73. The monoisotopic (exact) mass is 574 g/mol. The van der Waals surface area contributed by atoms with Crippen molar-refractivity contribution >= 4 is 23.5 Å². The highest BCUT2D eigenvalue weighted by molar-refractivity contribution is 6.30. The van der Waals surface area contributed by atoms with Gasteiger partial charge in [-0.25, -0.2) is 19.6 Å². The van der Waals surface area contributed by atoms with Gasteiger partial charge in [0.25, 0.3) is 0 Å². The lowest BCUT2D eigenvalue weighted by Crippen LogP contribution is -2.26. The molecule has 2 aromatic heterocycles. The summed E-state index contributed by atoms with van der Waals surface area (Å²) in [5, 5.41) is 0. The Hall–Kier alpha value is -5.26. The van der Waals surface area contributed by atoms with Crippen molar-refractivity contribution < 1.29 is 38.1 Å². The molecule has 0 saturated carbocycles. The second-order valence-corrected chi connectivity index (χ2v) is 9.01. The Morgan fingerprint density at radius 3 is 1.36 bits per heavy atom. The van der Waals surface area contributed by atoms with E-state index in [1.54, 1.807) is 62.4 Å². The molecule has 0 aliphatic rings. The number of aromatic amines is 2. The zero-order valence-electron chi connectivity index (χ0n) is 23.2. The maximum atomic E-state index is 12.2. The number of rotatable bonds is 14. The lowest BCUT2D eigenvalue weighted by atomic mass is 10.1. The van der Waals surface area contributed by atoms with Gasteiger partial charge >= 0.3 is 24.0 Å². The van der Waals surface area contributed by atoms with Crippen LogP contribution in [0.15, 0.2) is 60.9 Å². The minimum atomic E-state index is -1.28. The van der Waals surface area contributed by atoms with Gasteiger partial charge in [-0.1, -0.05) is 13.8 Å². The van der Waals surface area contributed by atoms with Gasteiger partial charge < -0.3 is 28.9 Å². The first-order chi connectivity index (χ1) is 20.3. The largest absolute Gasteiger partial charge is 0.493 e. The highest BCUT2D eigenvalue weighted by Crippen LogP contribution is 2.16. The average molecular weight is 575 g/mol. The molecule has 0 aliphatic carbocycles. The van der Waals surface area contributed by atoms with Crippen LogP contribution in [0.4, 0.5) is 0 Å². The van der Waals surface area contributed by atoms with Crippen LogP contribution in [0.3, 0.4) is 0 Å². The minimum Gasteiger partial charge on any atom is -0.493 e. The Morgan fingerprint density at radius 2 is 1.00 bits per heavy atom. The Bertz CT molecular complexity index is 1410. The Labute approximate surface area is 241 Å². The molecule has 2 aromatic carbocycles. The molecule has 0 radical (unpaired) electrons. The lowest BCUT2D eigenvalue weighted by Gasteiger charge is -2.06. The molecule has 0 atom stereocenters. The Kier molecular flexibility index (Phi) is 10.2. The van der Waals surface area contributed by atoms with E-state index < -0.39 is 11.9 Å². The van der Waals surface area contributed by atoms with Crippen molar-refractivity contribution in [3.63, 3.8) is 0 Å². The molecular weight excluding hydrogens is 544 g/mol. The summed E-state index contributed by atoms with van der Waals surface area (Å²) in [6.07, 6.45) is 4.64. The molecule has 0 saturated heterocycles. The summed E-state index contributed by atoms with van der Waals surface area (Å²) in [5.74, 6) is -1.21. The zero-order chi connectivity index (χ0) is 29.9. The second-order valence-electron chi connectivity index (χ2n) is 9.01. The van der Waals surface area contributed by atoms with Gasteiger partial charge in [0.1, 0.15) is 11.5 Å². The van der Waals surface area contributed by atoms with E-state index in [9.17, 15) is 19.2 Å². The number of ether oxygens (including phenoxy) is 4. The summed E-state index contributed by atoms with van der Waals surface area (Å²) < 4.78 is 21.2. The maximum absolute atomic E-state index is 12.2. The predicted molar refractivity (Wildman–Crippen MR) is 149 cm³/mol. The quantitative estimate of drug-likeness (QED) is 0.127. The van der Waals surface area contributed by atoms with E-state index in [0.717, 1.165) is 0 Å². The van der Waals surface area contributed by atoms with Crippen LogP contribution in [-0.4, -0.2) is 56.7 Å². The molecule has 4 rings (SSSR count). The summed E-state index contributed by atoms with van der Waals surface area (Å²) in [6.45, 7) is 4.22. The molecule has 12 heteroatoms. The van der Waals surface area contributed by atoms with Crippen LogP contribution in [0.1, 0.15) is 58.8 Å². The van der Waals surface area contributed by atoms with Crippen molar-refractivity contribution in [3.8, 4) is 23.5 Å². The number of nitrogens with one attached hydrogen (secondary N) is 2. The summed E-state index contributed by atoms with van der Waals surface area (Å²) in [6, 6.07) is 13.4. The van der Waals surface area contributed by atoms with E-state index in [4.69, 9.17) is 18.9 Å². The Morgan fingerprint density at radius 1 is 0.619 bits per heavy atom. The molecule has 42 heavy (non-hydrogen) atoms. The maximum Gasteiger partial charge on any atom is 0.425 e. The van der Waals surface area contributed by atoms with Crippen molar-refractivity contribution in [2.24, 2.45) is 0 Å². The van der Waals surface area contributed by atoms with Gasteiger partial charge in [-0.3, -0.25) is 9.59 Å². The molecule has 0 amide bonds. The van der Waals surface area contributed by atoms with Crippen molar-refractivity contribution in [1.29, 1.82) is 0 Å². The lowest BCUT2D eigenvalue weighted by molar-refractivity contribution is -0.156. The number of aromatic nitrogens is 4. The first-order valence-electron chi connectivity index (χ1n) is 13.4. The summed E-state index contributed by atoms with van der Waals surface area (Å²) in [4.78, 5) is 61.2. The number of imidazole rings is 2. The number of nitrogens with zero attached hydrogens (tertiary/aromatic N) is 2. The fraction of sp³-hybridized carbons (Fsp3) is 0.267. The highest BCUT2D eigenvalue weighted by Gasteiger charge is 2.22. The standard InChI is InChI=1S/C30H30N4O8/c1-3-25(35)19-5-9-23(10-6-19)39-15-13-21-17-31-29(33-21)41-27(37)28(38)42-30-32-18-22(34-30)14-16-40-24-11-7-20(8-12-24)26(36)4-2/h5-12,17-18H,3-4,13-16H2,1-2H3,(H,31,33)(H,32,34). The second kappa shape index (κ2) is 14.4. The summed E-state index contributed by atoms with van der Waals surface area (Å²) >= 11 is 0. The molecule has 0 unspecified atom stereocenters. The van der Waals surface area contributed by atoms with Crippen molar-refractivity contribution in [3.05, 3.63) is 83.4 Å². The van der Waals surface area contributed by atoms with Crippen LogP contribution in [0, 0.1) is 0 Å². The third-order valence-corrected chi connectivity index (χ3v) is 6.03. The molecule has 12 nitrogen and oxygen atoms in total. The van der Waals surface area contributed by atoms with Gasteiger partial charge in [-0.15, -0.1) is 0 Å². The number of carbonyl (C=O) groups excluding carboxylic acids is 4. The van der Waals surface area contributed by atoms with Crippen LogP contribution < -0.4 is 18.9 Å². The smallest absolute Gasteiger partial charge is 0.425 e. The summed E-state index contributed by atoms with van der Waals surface area (Å²) in [7, 11) is 0. The van der Waals surface area contributed by atoms with Crippen LogP contribution in [0.25, 0.3) is 0 Å². The topological polar surface area (TPSA) is 163 Å². The number of benzene rings is 2. The first-order valence-corrected chi connectivity index (χ1v) is 13.4. The molecule has 4 aromatic rings. The number of esters is 2. The third kappa shape index (κ3) is 8.37. The van der Waals surface area contributed by atoms with Gasteiger partial charge in [-0.05, 0) is 48.5 Å². The zero-order valence-corrected chi connectivity index (χ0v) is 23.2. The molecule has 0 aliphatic heterocycles. The fourth-order valence-electron chi connectivity index (χ4n) is 3.73. The average Bonchev–Trinajstić information content (AvgIpc) is 3.66. The normalized spacial score (nSPS) is 10.6. The molecule has 0 bridgehead atoms. The molecule has 0 spiro atoms. The predicted octanol–water partition coefficient (Wildman–Crippen LogP) is 4.07. The van der Waals surface area contributed by atoms with Crippen LogP contribution >= 0.6 is 0 Å². The molecule has 2 N–H and O–H groups in total. The number of H-pyrrole nitrogens is 2. The van der Waals surface area contributed by atoms with Crippen molar-refractivity contribution in [2.75, 3.05) is 13.2 Å². The van der Waals surface area contributed by atoms with Crippen molar-refractivity contribution in [2.45, 2.75) is 39.5 Å². The highest BCUT2D eigenvalue weighted by atomic mass is 16.6. The van der Waals surface area contributed by atoms with E-state index in [1.165, 1.54) is 12.4 Å². The van der Waals surface area contributed by atoms with Gasteiger partial charge in [0.2, 0.25) is 0 Å². The van der Waals surface area contributed by atoms with Gasteiger partial charge in [-0.2, -0.15) is 0 Å². The van der Waals surface area contributed by atoms with Gasteiger partial charge in [0.15, 0.2) is 11.6 Å². The molecular formula is C30H30N4O8. The minimum absolute atomic E-state index is 0.0611. The number of hydrogen-bond donors (Lipinski definition) is 2. The number of ketones is 2. The van der Waals surface area contributed by atoms with Crippen LogP contribution in [-0.2, 0) is 22.4 Å². The van der Waals surface area contributed by atoms with Crippen LogP contribution in [0.2, 0.25) is 0 Å². The van der Waals surface area contributed by atoms with Crippen molar-refractivity contribution in [1.82, 2.24) is 19.9 Å². The van der Waals surface area contributed by atoms with E-state index in [2.05, 4.69) is 19.9 Å². The van der Waals surface area contributed by atoms with E-state index >= 15 is 0 Å². The van der Waals surface area contributed by atoms with Gasteiger partial charge in [0, 0.05) is 48.2 Å². The number of carbonyl (C=O) groups is 4. The molecule has 218 valence electrons. The third-order valence-electron chi connectivity index (χ3n) is 6.03. The SMILES string of the molecule is CCC(=O)c1ccc(OCCc2cnc(OC(=O)C(=O)Oc3ncc(CCOc4ccc(C(=O)CC)cc4)[nH]3)[nH]2)cc1. The number of Topliss-reactive ketones (excluding diaryl/α,β-unsaturated/α-hetero) is 2. The van der Waals surface area contributed by atoms with Gasteiger partial charge in [0.05, 0.1) is 25.6 Å². The molecule has 0 fully saturated rings. The summed E-state index contributed by atoms with van der Waals surface area (Å²) in [5.41, 5.74) is 2.50. The first kappa shape index (κ1) is 29.7.